The average Bonchev–Trinajstić information content (AvgIpc) is 2.72. The zero-order valence-corrected chi connectivity index (χ0v) is 12.3. The fraction of sp³-hybridized carbons (Fsp3) is 0.231. The monoisotopic (exact) mass is 356 g/mol. The van der Waals surface area contributed by atoms with E-state index < -0.39 is 0 Å². The smallest absolute Gasteiger partial charge is 0.341 e. The van der Waals surface area contributed by atoms with Crippen molar-refractivity contribution in [1.82, 2.24) is 9.78 Å². The summed E-state index contributed by atoms with van der Waals surface area (Å²) in [7, 11) is 1.79. The predicted molar refractivity (Wildman–Crippen MR) is 77.3 cm³/mol. The first-order valence-corrected chi connectivity index (χ1v) is 6.66. The van der Waals surface area contributed by atoms with Gasteiger partial charge in [-0.15, -0.1) is 0 Å². The summed E-state index contributed by atoms with van der Waals surface area (Å²) >= 11 is 2.23. The molecule has 0 unspecified atom stereocenters. The first-order valence-electron chi connectivity index (χ1n) is 5.58. The van der Waals surface area contributed by atoms with Crippen LogP contribution in [0.2, 0.25) is 0 Å². The Morgan fingerprint density at radius 1 is 1.50 bits per heavy atom. The van der Waals surface area contributed by atoms with E-state index in [2.05, 4.69) is 27.7 Å². The highest BCUT2D eigenvalue weighted by molar-refractivity contribution is 14.1. The minimum Gasteiger partial charge on any atom is -0.462 e. The minimum atomic E-state index is -0.334. The number of nitrogens with zero attached hydrogens (tertiary/aromatic N) is 2. The first-order chi connectivity index (χ1) is 8.61. The number of aryl methyl sites for hydroxylation is 1. The number of aromatic nitrogens is 2. The van der Waals surface area contributed by atoms with Gasteiger partial charge in [0, 0.05) is 22.4 Å². The molecule has 0 bridgehead atoms. The van der Waals surface area contributed by atoms with Gasteiger partial charge >= 0.3 is 5.97 Å². The van der Waals surface area contributed by atoms with Crippen LogP contribution in [-0.4, -0.2) is 22.4 Å². The van der Waals surface area contributed by atoms with Crippen LogP contribution in [-0.2, 0) is 11.8 Å². The van der Waals surface area contributed by atoms with Crippen LogP contribution in [0.4, 0.5) is 0 Å². The maximum Gasteiger partial charge on any atom is 0.341 e. The zero-order chi connectivity index (χ0) is 13.1. The molecule has 0 aliphatic carbocycles. The third-order valence-electron chi connectivity index (χ3n) is 2.42. The van der Waals surface area contributed by atoms with Gasteiger partial charge in [-0.1, -0.05) is 12.1 Å². The summed E-state index contributed by atoms with van der Waals surface area (Å²) in [5, 5.41) is 4.34. The first kappa shape index (κ1) is 13.1. The minimum absolute atomic E-state index is 0.334. The second-order valence-corrected chi connectivity index (χ2v) is 5.04. The highest BCUT2D eigenvalue weighted by Gasteiger charge is 2.18. The quantitative estimate of drug-likeness (QED) is 0.628. The second-order valence-electron chi connectivity index (χ2n) is 3.80. The number of halogens is 1. The summed E-state index contributed by atoms with van der Waals surface area (Å²) in [6.45, 7) is 2.15. The van der Waals surface area contributed by atoms with Crippen molar-refractivity contribution in [2.45, 2.75) is 6.92 Å². The molecule has 0 amide bonds. The van der Waals surface area contributed by atoms with Crippen LogP contribution < -0.4 is 0 Å². The Morgan fingerprint density at radius 2 is 2.28 bits per heavy atom. The standard InChI is InChI=1S/C13H13IN2O2/c1-3-18-13(17)11-8-16(2)15-12(11)9-5-4-6-10(14)7-9/h4-8H,3H2,1-2H3. The normalized spacial score (nSPS) is 10.4. The van der Waals surface area contributed by atoms with E-state index in [4.69, 9.17) is 4.74 Å². The third-order valence-corrected chi connectivity index (χ3v) is 3.09. The molecular weight excluding hydrogens is 343 g/mol. The Balaban J connectivity index is 2.47. The van der Waals surface area contributed by atoms with E-state index in [1.54, 1.807) is 24.9 Å². The average molecular weight is 356 g/mol. The fourth-order valence-corrected chi connectivity index (χ4v) is 2.24. The van der Waals surface area contributed by atoms with Crippen LogP contribution in [0.25, 0.3) is 11.3 Å². The van der Waals surface area contributed by atoms with Gasteiger partial charge in [0.2, 0.25) is 0 Å². The number of hydrogen-bond acceptors (Lipinski definition) is 3. The number of hydrogen-bond donors (Lipinski definition) is 0. The van der Waals surface area contributed by atoms with Gasteiger partial charge in [0.25, 0.3) is 0 Å². The Labute approximate surface area is 119 Å². The van der Waals surface area contributed by atoms with Crippen molar-refractivity contribution < 1.29 is 9.53 Å². The number of esters is 1. The molecule has 0 aliphatic rings. The van der Waals surface area contributed by atoms with E-state index in [-0.39, 0.29) is 5.97 Å². The van der Waals surface area contributed by atoms with Crippen molar-refractivity contribution in [2.75, 3.05) is 6.61 Å². The van der Waals surface area contributed by atoms with E-state index in [9.17, 15) is 4.79 Å². The lowest BCUT2D eigenvalue weighted by Gasteiger charge is -2.02. The molecule has 1 aromatic heterocycles. The number of rotatable bonds is 3. The number of ether oxygens (including phenoxy) is 1. The molecule has 0 saturated heterocycles. The molecular formula is C13H13IN2O2. The SMILES string of the molecule is CCOC(=O)c1cn(C)nc1-c1cccc(I)c1. The van der Waals surface area contributed by atoms with Gasteiger partial charge in [-0.25, -0.2) is 4.79 Å². The van der Waals surface area contributed by atoms with E-state index in [0.717, 1.165) is 9.13 Å². The third kappa shape index (κ3) is 2.72. The molecule has 4 nitrogen and oxygen atoms in total. The van der Waals surface area contributed by atoms with Crippen molar-refractivity contribution in [3.8, 4) is 11.3 Å². The largest absolute Gasteiger partial charge is 0.462 e. The molecule has 1 aromatic carbocycles. The van der Waals surface area contributed by atoms with Crippen molar-refractivity contribution in [3.05, 3.63) is 39.6 Å². The lowest BCUT2D eigenvalue weighted by atomic mass is 10.1. The summed E-state index contributed by atoms with van der Waals surface area (Å²) in [4.78, 5) is 11.9. The predicted octanol–water partition coefficient (Wildman–Crippen LogP) is 2.87. The lowest BCUT2D eigenvalue weighted by Crippen LogP contribution is -2.05. The molecule has 0 fully saturated rings. The van der Waals surface area contributed by atoms with E-state index in [1.807, 2.05) is 24.3 Å². The molecule has 2 aromatic rings. The van der Waals surface area contributed by atoms with Gasteiger partial charge in [0.05, 0.1) is 6.61 Å². The van der Waals surface area contributed by atoms with E-state index in [1.165, 1.54) is 0 Å². The lowest BCUT2D eigenvalue weighted by molar-refractivity contribution is 0.0527. The van der Waals surface area contributed by atoms with Gasteiger partial charge in [0.1, 0.15) is 11.3 Å². The maximum atomic E-state index is 11.9. The van der Waals surface area contributed by atoms with Crippen molar-refractivity contribution >= 4 is 28.6 Å². The summed E-state index contributed by atoms with van der Waals surface area (Å²) < 4.78 is 7.77. The van der Waals surface area contributed by atoms with Crippen molar-refractivity contribution in [2.24, 2.45) is 7.05 Å². The van der Waals surface area contributed by atoms with Gasteiger partial charge in [-0.05, 0) is 41.6 Å². The van der Waals surface area contributed by atoms with E-state index in [0.29, 0.717) is 17.9 Å². The van der Waals surface area contributed by atoms with Crippen LogP contribution >= 0.6 is 22.6 Å². The molecule has 0 radical (unpaired) electrons. The maximum absolute atomic E-state index is 11.9. The second kappa shape index (κ2) is 5.51. The molecule has 94 valence electrons. The summed E-state index contributed by atoms with van der Waals surface area (Å²) in [5.41, 5.74) is 2.08. The van der Waals surface area contributed by atoms with Crippen LogP contribution in [0.15, 0.2) is 30.5 Å². The summed E-state index contributed by atoms with van der Waals surface area (Å²) in [6.07, 6.45) is 1.69. The van der Waals surface area contributed by atoms with Gasteiger partial charge in [0.15, 0.2) is 0 Å². The molecule has 0 saturated carbocycles. The molecule has 0 aliphatic heterocycles. The highest BCUT2D eigenvalue weighted by atomic mass is 127. The van der Waals surface area contributed by atoms with Gasteiger partial charge < -0.3 is 4.74 Å². The Kier molecular flexibility index (Phi) is 4.00. The molecule has 0 atom stereocenters. The highest BCUT2D eigenvalue weighted by Crippen LogP contribution is 2.24. The van der Waals surface area contributed by atoms with Crippen LogP contribution in [0, 0.1) is 3.57 Å². The number of benzene rings is 1. The Morgan fingerprint density at radius 3 is 2.94 bits per heavy atom. The topological polar surface area (TPSA) is 44.1 Å². The van der Waals surface area contributed by atoms with Crippen LogP contribution in [0.1, 0.15) is 17.3 Å². The molecule has 2 rings (SSSR count). The summed E-state index contributed by atoms with van der Waals surface area (Å²) in [6, 6.07) is 7.87. The molecule has 0 spiro atoms. The van der Waals surface area contributed by atoms with Crippen LogP contribution in [0.3, 0.4) is 0 Å². The molecule has 18 heavy (non-hydrogen) atoms. The van der Waals surface area contributed by atoms with Gasteiger partial charge in [-0.2, -0.15) is 5.10 Å². The number of carbonyl (C=O) groups is 1. The molecule has 1 heterocycles. The summed E-state index contributed by atoms with van der Waals surface area (Å²) in [5.74, 6) is -0.334. The Hall–Kier alpha value is -1.37. The van der Waals surface area contributed by atoms with Crippen LogP contribution in [0.5, 0.6) is 0 Å². The molecule has 5 heteroatoms. The molecule has 0 N–H and O–H groups in total. The number of carbonyl (C=O) groups excluding carboxylic acids is 1. The fourth-order valence-electron chi connectivity index (χ4n) is 1.70. The van der Waals surface area contributed by atoms with Gasteiger partial charge in [-0.3, -0.25) is 4.68 Å². The Bertz CT molecular complexity index is 578. The van der Waals surface area contributed by atoms with E-state index >= 15 is 0 Å². The van der Waals surface area contributed by atoms with Crippen molar-refractivity contribution in [1.29, 1.82) is 0 Å². The zero-order valence-electron chi connectivity index (χ0n) is 10.2. The van der Waals surface area contributed by atoms with Crippen molar-refractivity contribution in [3.63, 3.8) is 0 Å².